The van der Waals surface area contributed by atoms with Gasteiger partial charge in [-0.15, -0.1) is 0 Å². The molecule has 1 fully saturated rings. The molecule has 0 unspecified atom stereocenters. The molecule has 0 bridgehead atoms. The van der Waals surface area contributed by atoms with Crippen LogP contribution in [0.3, 0.4) is 0 Å². The van der Waals surface area contributed by atoms with Crippen molar-refractivity contribution in [3.8, 4) is 0 Å². The highest BCUT2D eigenvalue weighted by atomic mass is 32.1. The van der Waals surface area contributed by atoms with Crippen LogP contribution in [0.2, 0.25) is 0 Å². The molecule has 0 aromatic carbocycles. The van der Waals surface area contributed by atoms with Crippen molar-refractivity contribution in [3.63, 3.8) is 0 Å². The molecule has 0 radical (unpaired) electrons. The highest BCUT2D eigenvalue weighted by Crippen LogP contribution is 2.30. The molecule has 0 aliphatic heterocycles. The largest absolute Gasteiger partial charge is 0.391 e. The molecule has 1 aliphatic carbocycles. The Hall–Kier alpha value is -0.640. The summed E-state index contributed by atoms with van der Waals surface area (Å²) >= 11 is 5.13. The first-order valence-electron chi connectivity index (χ1n) is 7.71. The minimum absolute atomic E-state index is 0.116. The number of carbonyl (C=O) groups is 1. The molecular weight excluding hydrogens is 256 g/mol. The molecule has 1 saturated carbocycles. The molecule has 0 aromatic heterocycles. The minimum atomic E-state index is -0.380. The Morgan fingerprint density at radius 3 is 2.32 bits per heavy atom. The molecule has 3 N–H and O–H groups in total. The number of amides is 1. The standard InChI is InChI=1S/C15H28N2OS/c1-2-3-4-5-6-7-10-13(18)17-15(14(16)19)11-8-9-12-15/h2-12H2,1H3,(H2,16,19)(H,17,18). The third kappa shape index (κ3) is 5.47. The van der Waals surface area contributed by atoms with Gasteiger partial charge in [-0.3, -0.25) is 4.79 Å². The topological polar surface area (TPSA) is 55.1 Å². The second kappa shape index (κ2) is 8.51. The SMILES string of the molecule is CCCCCCCCC(=O)NC1(C(N)=S)CCCC1. The van der Waals surface area contributed by atoms with Gasteiger partial charge in [0.1, 0.15) is 0 Å². The summed E-state index contributed by atoms with van der Waals surface area (Å²) in [6, 6.07) is 0. The number of hydrogen-bond donors (Lipinski definition) is 2. The number of unbranched alkanes of at least 4 members (excludes halogenated alkanes) is 5. The van der Waals surface area contributed by atoms with Gasteiger partial charge >= 0.3 is 0 Å². The van der Waals surface area contributed by atoms with Crippen LogP contribution in [0, 0.1) is 0 Å². The van der Waals surface area contributed by atoms with Gasteiger partial charge in [0.2, 0.25) is 5.91 Å². The number of nitrogens with one attached hydrogen (secondary N) is 1. The minimum Gasteiger partial charge on any atom is -0.391 e. The molecule has 1 aliphatic rings. The lowest BCUT2D eigenvalue weighted by Crippen LogP contribution is -2.54. The van der Waals surface area contributed by atoms with Crippen molar-refractivity contribution in [2.75, 3.05) is 0 Å². The van der Waals surface area contributed by atoms with E-state index in [1.54, 1.807) is 0 Å². The fraction of sp³-hybridized carbons (Fsp3) is 0.867. The Balaban J connectivity index is 2.21. The molecule has 0 atom stereocenters. The Kier molecular flexibility index (Phi) is 7.36. The molecule has 19 heavy (non-hydrogen) atoms. The highest BCUT2D eigenvalue weighted by molar-refractivity contribution is 7.80. The van der Waals surface area contributed by atoms with E-state index in [0.717, 1.165) is 38.5 Å². The Morgan fingerprint density at radius 1 is 1.16 bits per heavy atom. The van der Waals surface area contributed by atoms with E-state index in [2.05, 4.69) is 12.2 Å². The van der Waals surface area contributed by atoms with Crippen LogP contribution in [0.4, 0.5) is 0 Å². The van der Waals surface area contributed by atoms with Gasteiger partial charge in [-0.05, 0) is 19.3 Å². The number of thiocarbonyl (C=S) groups is 1. The summed E-state index contributed by atoms with van der Waals surface area (Å²) in [4.78, 5) is 12.4. The summed E-state index contributed by atoms with van der Waals surface area (Å²) in [6.07, 6.45) is 11.8. The molecule has 0 heterocycles. The molecule has 4 heteroatoms. The summed E-state index contributed by atoms with van der Waals surface area (Å²) in [5.41, 5.74) is 5.43. The lowest BCUT2D eigenvalue weighted by Gasteiger charge is -2.29. The van der Waals surface area contributed by atoms with Gasteiger partial charge in [-0.2, -0.15) is 0 Å². The first-order valence-corrected chi connectivity index (χ1v) is 8.12. The number of hydrogen-bond acceptors (Lipinski definition) is 2. The Bertz CT molecular complexity index is 299. The molecule has 0 saturated heterocycles. The van der Waals surface area contributed by atoms with Crippen molar-refractivity contribution in [1.82, 2.24) is 5.32 Å². The average Bonchev–Trinajstić information content (AvgIpc) is 2.83. The normalized spacial score (nSPS) is 17.3. The van der Waals surface area contributed by atoms with Crippen LogP contribution in [0.1, 0.15) is 77.6 Å². The zero-order valence-corrected chi connectivity index (χ0v) is 13.0. The van der Waals surface area contributed by atoms with E-state index in [0.29, 0.717) is 11.4 Å². The predicted molar refractivity (Wildman–Crippen MR) is 84.1 cm³/mol. The highest BCUT2D eigenvalue weighted by Gasteiger charge is 2.37. The van der Waals surface area contributed by atoms with E-state index in [-0.39, 0.29) is 11.4 Å². The fourth-order valence-corrected chi connectivity index (χ4v) is 3.06. The lowest BCUT2D eigenvalue weighted by atomic mass is 9.97. The van der Waals surface area contributed by atoms with E-state index in [4.69, 9.17) is 18.0 Å². The third-order valence-electron chi connectivity index (χ3n) is 4.06. The Labute approximate surface area is 122 Å². The van der Waals surface area contributed by atoms with Gasteiger partial charge in [0, 0.05) is 6.42 Å². The zero-order valence-electron chi connectivity index (χ0n) is 12.2. The van der Waals surface area contributed by atoms with Crippen molar-refractivity contribution in [1.29, 1.82) is 0 Å². The molecular formula is C15H28N2OS. The van der Waals surface area contributed by atoms with Gasteiger partial charge in [0.25, 0.3) is 0 Å². The number of carbonyl (C=O) groups excluding carboxylic acids is 1. The van der Waals surface area contributed by atoms with Crippen molar-refractivity contribution in [2.24, 2.45) is 5.73 Å². The van der Waals surface area contributed by atoms with Gasteiger partial charge in [0.15, 0.2) is 0 Å². The maximum atomic E-state index is 12.0. The van der Waals surface area contributed by atoms with Gasteiger partial charge < -0.3 is 11.1 Å². The molecule has 0 aromatic rings. The summed E-state index contributed by atoms with van der Waals surface area (Å²) in [5, 5.41) is 3.09. The van der Waals surface area contributed by atoms with Crippen LogP contribution in [-0.2, 0) is 4.79 Å². The molecule has 3 nitrogen and oxygen atoms in total. The maximum Gasteiger partial charge on any atom is 0.220 e. The van der Waals surface area contributed by atoms with Crippen molar-refractivity contribution in [3.05, 3.63) is 0 Å². The summed E-state index contributed by atoms with van der Waals surface area (Å²) in [6.45, 7) is 2.21. The summed E-state index contributed by atoms with van der Waals surface area (Å²) in [7, 11) is 0. The van der Waals surface area contributed by atoms with E-state index in [1.165, 1.54) is 25.7 Å². The summed E-state index contributed by atoms with van der Waals surface area (Å²) < 4.78 is 0. The second-order valence-corrected chi connectivity index (χ2v) is 6.16. The van der Waals surface area contributed by atoms with Crippen LogP contribution in [0.15, 0.2) is 0 Å². The molecule has 0 spiro atoms. The monoisotopic (exact) mass is 284 g/mol. The van der Waals surface area contributed by atoms with E-state index < -0.39 is 0 Å². The second-order valence-electron chi connectivity index (χ2n) is 5.72. The maximum absolute atomic E-state index is 12.0. The Morgan fingerprint density at radius 2 is 1.74 bits per heavy atom. The van der Waals surface area contributed by atoms with Crippen molar-refractivity contribution >= 4 is 23.1 Å². The van der Waals surface area contributed by atoms with Crippen LogP contribution in [-0.4, -0.2) is 16.4 Å². The quantitative estimate of drug-likeness (QED) is 0.503. The lowest BCUT2D eigenvalue weighted by molar-refractivity contribution is -0.122. The van der Waals surface area contributed by atoms with Crippen LogP contribution < -0.4 is 11.1 Å². The number of nitrogens with two attached hydrogens (primary N) is 1. The zero-order chi connectivity index (χ0) is 14.1. The van der Waals surface area contributed by atoms with Crippen LogP contribution in [0.25, 0.3) is 0 Å². The van der Waals surface area contributed by atoms with Crippen LogP contribution in [0.5, 0.6) is 0 Å². The van der Waals surface area contributed by atoms with Gasteiger partial charge in [-0.1, -0.05) is 64.1 Å². The summed E-state index contributed by atoms with van der Waals surface area (Å²) in [5.74, 6) is 0.116. The fourth-order valence-electron chi connectivity index (χ4n) is 2.81. The molecule has 1 rings (SSSR count). The number of rotatable bonds is 9. The van der Waals surface area contributed by atoms with Gasteiger partial charge in [-0.25, -0.2) is 0 Å². The van der Waals surface area contributed by atoms with E-state index in [1.807, 2.05) is 0 Å². The third-order valence-corrected chi connectivity index (χ3v) is 4.46. The van der Waals surface area contributed by atoms with Crippen LogP contribution >= 0.6 is 12.2 Å². The average molecular weight is 284 g/mol. The predicted octanol–water partition coefficient (Wildman–Crippen LogP) is 3.45. The van der Waals surface area contributed by atoms with E-state index >= 15 is 0 Å². The van der Waals surface area contributed by atoms with E-state index in [9.17, 15) is 4.79 Å². The van der Waals surface area contributed by atoms with Crippen molar-refractivity contribution < 1.29 is 4.79 Å². The molecule has 110 valence electrons. The first-order chi connectivity index (χ1) is 9.10. The molecule has 1 amide bonds. The van der Waals surface area contributed by atoms with Gasteiger partial charge in [0.05, 0.1) is 10.5 Å². The smallest absolute Gasteiger partial charge is 0.220 e. The van der Waals surface area contributed by atoms with Crippen molar-refractivity contribution in [2.45, 2.75) is 83.1 Å². The first kappa shape index (κ1) is 16.4.